The van der Waals surface area contributed by atoms with Crippen LogP contribution in [0.25, 0.3) is 0 Å². The maximum absolute atomic E-state index is 10.4. The van der Waals surface area contributed by atoms with Gasteiger partial charge in [-0.1, -0.05) is 6.92 Å². The maximum atomic E-state index is 10.4. The third kappa shape index (κ3) is 6.31. The fourth-order valence-electron chi connectivity index (χ4n) is 1.57. The minimum Gasteiger partial charge on any atom is -0.494 e. The molecular weight excluding hydrogens is 258 g/mol. The van der Waals surface area contributed by atoms with E-state index in [1.807, 2.05) is 31.2 Å². The Morgan fingerprint density at radius 2 is 1.85 bits per heavy atom. The van der Waals surface area contributed by atoms with Gasteiger partial charge in [0.15, 0.2) is 0 Å². The Kier molecular flexibility index (Phi) is 6.70. The van der Waals surface area contributed by atoms with Crippen molar-refractivity contribution >= 4 is 6.09 Å². The van der Waals surface area contributed by atoms with Crippen LogP contribution in [-0.4, -0.2) is 30.0 Å². The average molecular weight is 281 g/mol. The van der Waals surface area contributed by atoms with Crippen LogP contribution >= 0.6 is 0 Å². The summed E-state index contributed by atoms with van der Waals surface area (Å²) < 4.78 is 11.2. The molecule has 0 bridgehead atoms. The van der Waals surface area contributed by atoms with Crippen LogP contribution in [0.4, 0.5) is 4.79 Å². The smallest absolute Gasteiger partial charge is 0.404 e. The first-order valence-electron chi connectivity index (χ1n) is 6.90. The van der Waals surface area contributed by atoms with Crippen LogP contribution in [0.1, 0.15) is 33.6 Å². The second kappa shape index (κ2) is 8.30. The Bertz CT molecular complexity index is 405. The molecule has 2 unspecified atom stereocenters. The van der Waals surface area contributed by atoms with Gasteiger partial charge in [-0.05, 0) is 44.5 Å². The lowest BCUT2D eigenvalue weighted by Crippen LogP contribution is -2.32. The summed E-state index contributed by atoms with van der Waals surface area (Å²) in [4.78, 5) is 10.4. The average Bonchev–Trinajstić information content (AvgIpc) is 2.39. The van der Waals surface area contributed by atoms with Crippen LogP contribution in [0, 0.1) is 0 Å². The number of amides is 1. The molecule has 5 nitrogen and oxygen atoms in total. The standard InChI is InChI=1S/C15H23NO4/c1-4-12(3)20-14-7-5-13(6-8-14)19-10-9-11(2)16-15(17)18/h5-8,11-12,16H,4,9-10H2,1-3H3,(H,17,18). The number of carbonyl (C=O) groups is 1. The van der Waals surface area contributed by atoms with E-state index in [9.17, 15) is 4.79 Å². The summed E-state index contributed by atoms with van der Waals surface area (Å²) in [6.45, 7) is 6.38. The zero-order valence-corrected chi connectivity index (χ0v) is 12.3. The van der Waals surface area contributed by atoms with E-state index in [1.54, 1.807) is 6.92 Å². The van der Waals surface area contributed by atoms with Crippen LogP contribution in [0.3, 0.4) is 0 Å². The van der Waals surface area contributed by atoms with E-state index in [1.165, 1.54) is 0 Å². The number of rotatable bonds is 8. The van der Waals surface area contributed by atoms with Crippen molar-refractivity contribution in [3.63, 3.8) is 0 Å². The van der Waals surface area contributed by atoms with Gasteiger partial charge in [0.25, 0.3) is 0 Å². The summed E-state index contributed by atoms with van der Waals surface area (Å²) in [5, 5.41) is 10.9. The minimum absolute atomic E-state index is 0.125. The summed E-state index contributed by atoms with van der Waals surface area (Å²) in [6, 6.07) is 7.33. The summed E-state index contributed by atoms with van der Waals surface area (Å²) in [7, 11) is 0. The van der Waals surface area contributed by atoms with Gasteiger partial charge in [-0.25, -0.2) is 4.79 Å². The summed E-state index contributed by atoms with van der Waals surface area (Å²) in [5.74, 6) is 1.58. The molecule has 0 radical (unpaired) electrons. The van der Waals surface area contributed by atoms with Gasteiger partial charge in [0.1, 0.15) is 11.5 Å². The lowest BCUT2D eigenvalue weighted by Gasteiger charge is -2.14. The second-order valence-electron chi connectivity index (χ2n) is 4.80. The number of carboxylic acid groups (broad SMARTS) is 1. The van der Waals surface area contributed by atoms with Crippen molar-refractivity contribution in [3.8, 4) is 11.5 Å². The van der Waals surface area contributed by atoms with Gasteiger partial charge in [-0.3, -0.25) is 0 Å². The van der Waals surface area contributed by atoms with Crippen LogP contribution in [0.5, 0.6) is 11.5 Å². The Balaban J connectivity index is 2.33. The zero-order valence-electron chi connectivity index (χ0n) is 12.3. The van der Waals surface area contributed by atoms with Crippen molar-refractivity contribution in [2.24, 2.45) is 0 Å². The third-order valence-corrected chi connectivity index (χ3v) is 2.93. The van der Waals surface area contributed by atoms with Crippen molar-refractivity contribution < 1.29 is 19.4 Å². The maximum Gasteiger partial charge on any atom is 0.404 e. The molecular formula is C15H23NO4. The molecule has 0 saturated heterocycles. The van der Waals surface area contributed by atoms with Crippen LogP contribution < -0.4 is 14.8 Å². The molecule has 0 saturated carbocycles. The predicted molar refractivity (Wildman–Crippen MR) is 77.6 cm³/mol. The SMILES string of the molecule is CCC(C)Oc1ccc(OCCC(C)NC(=O)O)cc1. The summed E-state index contributed by atoms with van der Waals surface area (Å²) in [6.07, 6.45) is 0.776. The number of ether oxygens (including phenoxy) is 2. The Labute approximate surface area is 119 Å². The van der Waals surface area contributed by atoms with Gasteiger partial charge >= 0.3 is 6.09 Å². The molecule has 1 amide bonds. The molecule has 0 spiro atoms. The van der Waals surface area contributed by atoms with Gasteiger partial charge in [0.2, 0.25) is 0 Å². The Morgan fingerprint density at radius 3 is 2.40 bits per heavy atom. The highest BCUT2D eigenvalue weighted by Crippen LogP contribution is 2.19. The fraction of sp³-hybridized carbons (Fsp3) is 0.533. The molecule has 20 heavy (non-hydrogen) atoms. The van der Waals surface area contributed by atoms with Gasteiger partial charge < -0.3 is 19.9 Å². The highest BCUT2D eigenvalue weighted by atomic mass is 16.5. The lowest BCUT2D eigenvalue weighted by atomic mass is 10.2. The molecule has 5 heteroatoms. The molecule has 0 fully saturated rings. The van der Waals surface area contributed by atoms with E-state index in [0.29, 0.717) is 13.0 Å². The second-order valence-corrected chi connectivity index (χ2v) is 4.80. The predicted octanol–water partition coefficient (Wildman–Crippen LogP) is 3.29. The number of hydrogen-bond acceptors (Lipinski definition) is 3. The molecule has 0 heterocycles. The molecule has 0 aliphatic carbocycles. The van der Waals surface area contributed by atoms with E-state index in [-0.39, 0.29) is 12.1 Å². The van der Waals surface area contributed by atoms with E-state index in [4.69, 9.17) is 14.6 Å². The van der Waals surface area contributed by atoms with Crippen molar-refractivity contribution in [3.05, 3.63) is 24.3 Å². The van der Waals surface area contributed by atoms with E-state index in [2.05, 4.69) is 12.2 Å². The molecule has 2 atom stereocenters. The van der Waals surface area contributed by atoms with Gasteiger partial charge in [-0.2, -0.15) is 0 Å². The molecule has 2 N–H and O–H groups in total. The first kappa shape index (κ1) is 16.1. The first-order valence-corrected chi connectivity index (χ1v) is 6.90. The molecule has 0 aliphatic rings. The molecule has 112 valence electrons. The van der Waals surface area contributed by atoms with Crippen molar-refractivity contribution in [1.29, 1.82) is 0 Å². The van der Waals surface area contributed by atoms with E-state index >= 15 is 0 Å². The van der Waals surface area contributed by atoms with E-state index < -0.39 is 6.09 Å². The van der Waals surface area contributed by atoms with Crippen molar-refractivity contribution in [2.75, 3.05) is 6.61 Å². The number of nitrogens with one attached hydrogen (secondary N) is 1. The van der Waals surface area contributed by atoms with Crippen molar-refractivity contribution in [2.45, 2.75) is 45.8 Å². The lowest BCUT2D eigenvalue weighted by molar-refractivity contribution is 0.188. The zero-order chi connectivity index (χ0) is 15.0. The fourth-order valence-corrected chi connectivity index (χ4v) is 1.57. The molecule has 1 rings (SSSR count). The summed E-state index contributed by atoms with van der Waals surface area (Å²) >= 11 is 0. The molecule has 1 aromatic rings. The Hall–Kier alpha value is -1.91. The highest BCUT2D eigenvalue weighted by Gasteiger charge is 2.05. The third-order valence-electron chi connectivity index (χ3n) is 2.93. The normalized spacial score (nSPS) is 13.3. The van der Waals surface area contributed by atoms with E-state index in [0.717, 1.165) is 17.9 Å². The highest BCUT2D eigenvalue weighted by molar-refractivity contribution is 5.64. The van der Waals surface area contributed by atoms with Gasteiger partial charge in [-0.15, -0.1) is 0 Å². The number of benzene rings is 1. The van der Waals surface area contributed by atoms with Crippen LogP contribution in [0.15, 0.2) is 24.3 Å². The summed E-state index contributed by atoms with van der Waals surface area (Å²) in [5.41, 5.74) is 0. The quantitative estimate of drug-likeness (QED) is 0.767. The molecule has 0 aromatic heterocycles. The Morgan fingerprint density at radius 1 is 1.25 bits per heavy atom. The van der Waals surface area contributed by atoms with Crippen LogP contribution in [0.2, 0.25) is 0 Å². The van der Waals surface area contributed by atoms with Gasteiger partial charge in [0.05, 0.1) is 12.7 Å². The van der Waals surface area contributed by atoms with Gasteiger partial charge in [0, 0.05) is 12.5 Å². The largest absolute Gasteiger partial charge is 0.494 e. The topological polar surface area (TPSA) is 67.8 Å². The minimum atomic E-state index is -1.01. The first-order chi connectivity index (χ1) is 9.51. The van der Waals surface area contributed by atoms with Crippen LogP contribution in [-0.2, 0) is 0 Å². The molecule has 1 aromatic carbocycles. The van der Waals surface area contributed by atoms with Crippen molar-refractivity contribution in [1.82, 2.24) is 5.32 Å². The molecule has 0 aliphatic heterocycles. The number of hydrogen-bond donors (Lipinski definition) is 2. The monoisotopic (exact) mass is 281 g/mol.